The highest BCUT2D eigenvalue weighted by molar-refractivity contribution is 6.99. The summed E-state index contributed by atoms with van der Waals surface area (Å²) in [7, 11) is -2.41. The van der Waals surface area contributed by atoms with Crippen LogP contribution in [0.25, 0.3) is 0 Å². The molecular weight excluding hydrogens is 324 g/mol. The van der Waals surface area contributed by atoms with Crippen molar-refractivity contribution >= 4 is 25.0 Å². The maximum Gasteiger partial charge on any atom is 0.261 e. The molecule has 0 saturated heterocycles. The summed E-state index contributed by atoms with van der Waals surface area (Å²) < 4.78 is 6.76. The van der Waals surface area contributed by atoms with Crippen LogP contribution in [0.5, 0.6) is 0 Å². The fraction of sp³-hybridized carbons (Fsp3) is 0.318. The van der Waals surface area contributed by atoms with Crippen molar-refractivity contribution in [3.8, 4) is 0 Å². The van der Waals surface area contributed by atoms with Gasteiger partial charge in [0.1, 0.15) is 6.29 Å². The molecule has 0 aliphatic carbocycles. The number of allylic oxidation sites excluding steroid dienone is 2. The summed E-state index contributed by atoms with van der Waals surface area (Å²) in [6.07, 6.45) is 6.05. The fourth-order valence-electron chi connectivity index (χ4n) is 3.34. The van der Waals surface area contributed by atoms with Crippen molar-refractivity contribution in [2.24, 2.45) is 0 Å². The summed E-state index contributed by atoms with van der Waals surface area (Å²) in [4.78, 5) is 10.4. The van der Waals surface area contributed by atoms with Crippen molar-refractivity contribution in [2.45, 2.75) is 38.7 Å². The van der Waals surface area contributed by atoms with Crippen LogP contribution in [0.1, 0.15) is 33.6 Å². The average molecular weight is 353 g/mol. The Morgan fingerprint density at radius 2 is 1.44 bits per heavy atom. The molecule has 2 aromatic carbocycles. The zero-order valence-corrected chi connectivity index (χ0v) is 16.4. The molecule has 0 amide bonds. The quantitative estimate of drug-likeness (QED) is 0.309. The van der Waals surface area contributed by atoms with E-state index < -0.39 is 8.32 Å². The van der Waals surface area contributed by atoms with E-state index in [9.17, 15) is 4.79 Å². The SMILES string of the molecule is CC(C)(C)[Si](OCCCC=CC=O)(c1ccccc1)c1ccccc1. The van der Waals surface area contributed by atoms with Crippen LogP contribution in [0.3, 0.4) is 0 Å². The van der Waals surface area contributed by atoms with Gasteiger partial charge in [-0.25, -0.2) is 0 Å². The van der Waals surface area contributed by atoms with Crippen LogP contribution >= 0.6 is 0 Å². The van der Waals surface area contributed by atoms with Gasteiger partial charge in [0.2, 0.25) is 0 Å². The van der Waals surface area contributed by atoms with E-state index in [1.54, 1.807) is 6.08 Å². The van der Waals surface area contributed by atoms with Crippen LogP contribution in [-0.4, -0.2) is 21.2 Å². The summed E-state index contributed by atoms with van der Waals surface area (Å²) in [6.45, 7) is 7.54. The molecule has 0 aromatic heterocycles. The van der Waals surface area contributed by atoms with Crippen molar-refractivity contribution in [3.63, 3.8) is 0 Å². The Morgan fingerprint density at radius 3 is 1.88 bits per heavy atom. The molecule has 2 rings (SSSR count). The number of aldehydes is 1. The van der Waals surface area contributed by atoms with E-state index in [4.69, 9.17) is 4.43 Å². The Morgan fingerprint density at radius 1 is 0.920 bits per heavy atom. The Hall–Kier alpha value is -1.97. The minimum atomic E-state index is -2.41. The number of carbonyl (C=O) groups excluding carboxylic acids is 1. The second-order valence-corrected chi connectivity index (χ2v) is 11.5. The van der Waals surface area contributed by atoms with Gasteiger partial charge in [0.15, 0.2) is 0 Å². The smallest absolute Gasteiger partial charge is 0.261 e. The minimum absolute atomic E-state index is 0.00828. The van der Waals surface area contributed by atoms with Gasteiger partial charge in [-0.3, -0.25) is 4.79 Å². The molecule has 0 fully saturated rings. The lowest BCUT2D eigenvalue weighted by Crippen LogP contribution is -2.66. The normalized spacial score (nSPS) is 12.4. The predicted molar refractivity (Wildman–Crippen MR) is 108 cm³/mol. The molecule has 0 spiro atoms. The maximum atomic E-state index is 10.4. The first-order chi connectivity index (χ1) is 12.0. The molecule has 0 aliphatic heterocycles. The van der Waals surface area contributed by atoms with Gasteiger partial charge in [0, 0.05) is 6.61 Å². The topological polar surface area (TPSA) is 26.3 Å². The first-order valence-electron chi connectivity index (χ1n) is 8.87. The van der Waals surface area contributed by atoms with E-state index in [1.165, 1.54) is 10.4 Å². The molecule has 0 bridgehead atoms. The third-order valence-electron chi connectivity index (χ3n) is 4.47. The molecule has 0 aliphatic rings. The molecule has 132 valence electrons. The van der Waals surface area contributed by atoms with Gasteiger partial charge < -0.3 is 4.43 Å². The molecule has 0 heterocycles. The van der Waals surface area contributed by atoms with Crippen molar-refractivity contribution in [1.29, 1.82) is 0 Å². The second kappa shape index (κ2) is 8.93. The van der Waals surface area contributed by atoms with Gasteiger partial charge in [0.25, 0.3) is 8.32 Å². The molecule has 2 nitrogen and oxygen atoms in total. The molecule has 25 heavy (non-hydrogen) atoms. The van der Waals surface area contributed by atoms with E-state index in [-0.39, 0.29) is 5.04 Å². The van der Waals surface area contributed by atoms with Crippen LogP contribution in [0.4, 0.5) is 0 Å². The lowest BCUT2D eigenvalue weighted by molar-refractivity contribution is -0.104. The highest BCUT2D eigenvalue weighted by Gasteiger charge is 2.49. The number of benzene rings is 2. The Balaban J connectivity index is 2.39. The highest BCUT2D eigenvalue weighted by Crippen LogP contribution is 2.36. The molecule has 0 N–H and O–H groups in total. The van der Waals surface area contributed by atoms with Crippen molar-refractivity contribution in [1.82, 2.24) is 0 Å². The van der Waals surface area contributed by atoms with E-state index in [0.29, 0.717) is 6.61 Å². The van der Waals surface area contributed by atoms with Gasteiger partial charge in [0.05, 0.1) is 0 Å². The average Bonchev–Trinajstić information content (AvgIpc) is 2.62. The Kier molecular flexibility index (Phi) is 6.91. The number of carbonyl (C=O) groups is 1. The summed E-state index contributed by atoms with van der Waals surface area (Å²) >= 11 is 0. The standard InChI is InChI=1S/C22H28O2Si/c1-22(2,3)25(20-14-8-6-9-15-20,21-16-10-7-11-17-21)24-19-13-5-4-12-18-23/h4,6-12,14-18H,5,13,19H2,1-3H3. The van der Waals surface area contributed by atoms with Crippen LogP contribution < -0.4 is 10.4 Å². The first-order valence-corrected chi connectivity index (χ1v) is 10.8. The van der Waals surface area contributed by atoms with E-state index in [0.717, 1.165) is 19.1 Å². The summed E-state index contributed by atoms with van der Waals surface area (Å²) in [5.41, 5.74) is 0. The highest BCUT2D eigenvalue weighted by atomic mass is 28.4. The summed E-state index contributed by atoms with van der Waals surface area (Å²) in [5.74, 6) is 0. The monoisotopic (exact) mass is 352 g/mol. The lowest BCUT2D eigenvalue weighted by Gasteiger charge is -2.43. The Bertz CT molecular complexity index is 633. The predicted octanol–water partition coefficient (Wildman–Crippen LogP) is 4.10. The largest absolute Gasteiger partial charge is 0.407 e. The van der Waals surface area contributed by atoms with Gasteiger partial charge in [-0.2, -0.15) is 0 Å². The zero-order chi connectivity index (χ0) is 18.2. The Labute approximate surface area is 152 Å². The molecule has 0 unspecified atom stereocenters. The van der Waals surface area contributed by atoms with Crippen molar-refractivity contribution in [3.05, 3.63) is 72.8 Å². The van der Waals surface area contributed by atoms with Gasteiger partial charge in [-0.05, 0) is 34.3 Å². The number of unbranched alkanes of at least 4 members (excludes halogenated alkanes) is 1. The van der Waals surface area contributed by atoms with Crippen LogP contribution in [0, 0.1) is 0 Å². The number of hydrogen-bond donors (Lipinski definition) is 0. The van der Waals surface area contributed by atoms with E-state index >= 15 is 0 Å². The molecule has 0 saturated carbocycles. The number of rotatable bonds is 8. The van der Waals surface area contributed by atoms with Gasteiger partial charge in [-0.1, -0.05) is 87.5 Å². The van der Waals surface area contributed by atoms with Gasteiger partial charge >= 0.3 is 0 Å². The lowest BCUT2D eigenvalue weighted by atomic mass is 10.2. The molecule has 0 atom stereocenters. The number of hydrogen-bond acceptors (Lipinski definition) is 2. The zero-order valence-electron chi connectivity index (χ0n) is 15.4. The molecular formula is C22H28O2Si. The fourth-order valence-corrected chi connectivity index (χ4v) is 7.95. The third-order valence-corrected chi connectivity index (χ3v) is 9.51. The van der Waals surface area contributed by atoms with Crippen LogP contribution in [0.2, 0.25) is 5.04 Å². The molecule has 3 heteroatoms. The summed E-state index contributed by atoms with van der Waals surface area (Å²) in [5, 5.41) is 2.61. The maximum absolute atomic E-state index is 10.4. The van der Waals surface area contributed by atoms with Gasteiger partial charge in [-0.15, -0.1) is 0 Å². The minimum Gasteiger partial charge on any atom is -0.407 e. The molecule has 0 radical (unpaired) electrons. The van der Waals surface area contributed by atoms with Crippen molar-refractivity contribution in [2.75, 3.05) is 6.61 Å². The summed E-state index contributed by atoms with van der Waals surface area (Å²) in [6, 6.07) is 21.3. The molecule has 2 aromatic rings. The van der Waals surface area contributed by atoms with Crippen molar-refractivity contribution < 1.29 is 9.22 Å². The first kappa shape index (κ1) is 19.4. The second-order valence-electron chi connectivity index (χ2n) is 7.22. The van der Waals surface area contributed by atoms with Crippen LogP contribution in [0.15, 0.2) is 72.8 Å². The third kappa shape index (κ3) is 4.56. The van der Waals surface area contributed by atoms with Crippen LogP contribution in [-0.2, 0) is 9.22 Å². The van der Waals surface area contributed by atoms with E-state index in [2.05, 4.69) is 81.4 Å². The van der Waals surface area contributed by atoms with E-state index in [1.807, 2.05) is 6.08 Å².